The van der Waals surface area contributed by atoms with E-state index in [-0.39, 0.29) is 11.9 Å². The van der Waals surface area contributed by atoms with E-state index in [2.05, 4.69) is 40.3 Å². The van der Waals surface area contributed by atoms with Gasteiger partial charge in [-0.05, 0) is 56.9 Å². The third kappa shape index (κ3) is 3.98. The highest BCUT2D eigenvalue weighted by molar-refractivity contribution is 9.10. The maximum atomic E-state index is 11.9. The van der Waals surface area contributed by atoms with Gasteiger partial charge < -0.3 is 10.1 Å². The van der Waals surface area contributed by atoms with Crippen molar-refractivity contribution < 1.29 is 9.53 Å². The zero-order chi connectivity index (χ0) is 14.5. The molecule has 2 unspecified atom stereocenters. The summed E-state index contributed by atoms with van der Waals surface area (Å²) < 4.78 is 6.24. The van der Waals surface area contributed by atoms with Crippen LogP contribution < -0.4 is 5.32 Å². The zero-order valence-corrected chi connectivity index (χ0v) is 13.7. The molecule has 1 aliphatic carbocycles. The molecule has 2 rings (SSSR count). The number of anilines is 1. The van der Waals surface area contributed by atoms with Crippen LogP contribution in [-0.4, -0.2) is 18.6 Å². The third-order valence-corrected chi connectivity index (χ3v) is 4.34. The summed E-state index contributed by atoms with van der Waals surface area (Å²) in [5, 5.41) is 3.57. The van der Waals surface area contributed by atoms with E-state index in [4.69, 9.17) is 4.74 Å². The third-order valence-electron chi connectivity index (χ3n) is 3.84. The van der Waals surface area contributed by atoms with Crippen LogP contribution in [0.3, 0.4) is 0 Å². The Morgan fingerprint density at radius 2 is 2.25 bits per heavy atom. The van der Waals surface area contributed by atoms with Gasteiger partial charge in [0, 0.05) is 16.2 Å². The fourth-order valence-corrected chi connectivity index (χ4v) is 3.28. The molecule has 0 bridgehead atoms. The van der Waals surface area contributed by atoms with E-state index in [1.165, 1.54) is 5.56 Å². The van der Waals surface area contributed by atoms with Crippen molar-refractivity contribution >= 4 is 27.6 Å². The van der Waals surface area contributed by atoms with E-state index in [1.807, 2.05) is 13.0 Å². The van der Waals surface area contributed by atoms with Gasteiger partial charge in [-0.2, -0.15) is 0 Å². The fraction of sp³-hybridized carbons (Fsp3) is 0.562. The second kappa shape index (κ2) is 7.11. The molecule has 0 radical (unpaired) electrons. The summed E-state index contributed by atoms with van der Waals surface area (Å²) >= 11 is 3.48. The van der Waals surface area contributed by atoms with E-state index in [0.717, 1.165) is 35.8 Å². The standard InChI is InChI=1S/C16H22BrNO2/c1-3-20-16(19)12-5-4-6-14(10-12)18-15-8-7-13(17)9-11(15)2/h7-9,12,14,18H,3-6,10H2,1-2H3. The molecule has 4 heteroatoms. The predicted molar refractivity (Wildman–Crippen MR) is 84.9 cm³/mol. The summed E-state index contributed by atoms with van der Waals surface area (Å²) in [6.07, 6.45) is 4.02. The van der Waals surface area contributed by atoms with E-state index in [0.29, 0.717) is 12.6 Å². The summed E-state index contributed by atoms with van der Waals surface area (Å²) in [6, 6.07) is 6.60. The molecule has 2 atom stereocenters. The van der Waals surface area contributed by atoms with Crippen molar-refractivity contribution in [1.82, 2.24) is 0 Å². The van der Waals surface area contributed by atoms with Crippen molar-refractivity contribution in [2.45, 2.75) is 45.6 Å². The SMILES string of the molecule is CCOC(=O)C1CCCC(Nc2ccc(Br)cc2C)C1. The number of hydrogen-bond donors (Lipinski definition) is 1. The number of benzene rings is 1. The lowest BCUT2D eigenvalue weighted by Gasteiger charge is -2.29. The van der Waals surface area contributed by atoms with Crippen molar-refractivity contribution in [1.29, 1.82) is 0 Å². The smallest absolute Gasteiger partial charge is 0.308 e. The summed E-state index contributed by atoms with van der Waals surface area (Å²) in [7, 11) is 0. The van der Waals surface area contributed by atoms with Crippen molar-refractivity contribution in [2.75, 3.05) is 11.9 Å². The van der Waals surface area contributed by atoms with Gasteiger partial charge in [0.2, 0.25) is 0 Å². The van der Waals surface area contributed by atoms with E-state index >= 15 is 0 Å². The minimum Gasteiger partial charge on any atom is -0.466 e. The number of nitrogens with one attached hydrogen (secondary N) is 1. The molecule has 0 amide bonds. The molecule has 3 nitrogen and oxygen atoms in total. The second-order valence-electron chi connectivity index (χ2n) is 5.42. The van der Waals surface area contributed by atoms with Gasteiger partial charge in [0.25, 0.3) is 0 Å². The first-order chi connectivity index (χ1) is 9.60. The summed E-state index contributed by atoms with van der Waals surface area (Å²) in [5.74, 6) is 0.0171. The molecular formula is C16H22BrNO2. The summed E-state index contributed by atoms with van der Waals surface area (Å²) in [4.78, 5) is 11.9. The fourth-order valence-electron chi connectivity index (χ4n) is 2.80. The second-order valence-corrected chi connectivity index (χ2v) is 6.33. The van der Waals surface area contributed by atoms with Crippen molar-refractivity contribution in [2.24, 2.45) is 5.92 Å². The first-order valence-corrected chi connectivity index (χ1v) is 8.08. The van der Waals surface area contributed by atoms with Crippen LogP contribution >= 0.6 is 15.9 Å². The van der Waals surface area contributed by atoms with Crippen LogP contribution in [0, 0.1) is 12.8 Å². The Morgan fingerprint density at radius 1 is 1.45 bits per heavy atom. The van der Waals surface area contributed by atoms with Crippen molar-refractivity contribution in [3.8, 4) is 0 Å². The molecule has 110 valence electrons. The van der Waals surface area contributed by atoms with Gasteiger partial charge in [-0.3, -0.25) is 4.79 Å². The van der Waals surface area contributed by atoms with Gasteiger partial charge in [-0.15, -0.1) is 0 Å². The molecule has 1 N–H and O–H groups in total. The lowest BCUT2D eigenvalue weighted by molar-refractivity contribution is -0.149. The molecule has 1 saturated carbocycles. The highest BCUT2D eigenvalue weighted by Crippen LogP contribution is 2.29. The largest absolute Gasteiger partial charge is 0.466 e. The molecule has 1 fully saturated rings. The molecule has 1 aromatic rings. The predicted octanol–water partition coefficient (Wildman–Crippen LogP) is 4.29. The molecule has 20 heavy (non-hydrogen) atoms. The van der Waals surface area contributed by atoms with E-state index in [9.17, 15) is 4.79 Å². The van der Waals surface area contributed by atoms with Gasteiger partial charge in [-0.25, -0.2) is 0 Å². The van der Waals surface area contributed by atoms with Gasteiger partial charge in [0.05, 0.1) is 12.5 Å². The van der Waals surface area contributed by atoms with Crippen LogP contribution in [0.4, 0.5) is 5.69 Å². The maximum absolute atomic E-state index is 11.9. The first kappa shape index (κ1) is 15.4. The Bertz CT molecular complexity index is 476. The minimum absolute atomic E-state index is 0.0356. The number of rotatable bonds is 4. The molecule has 0 aliphatic heterocycles. The number of aryl methyl sites for hydroxylation is 1. The Balaban J connectivity index is 1.97. The normalized spacial score (nSPS) is 22.4. The molecule has 1 aromatic carbocycles. The molecule has 1 aliphatic rings. The monoisotopic (exact) mass is 339 g/mol. The number of carbonyl (C=O) groups is 1. The van der Waals surface area contributed by atoms with Gasteiger partial charge >= 0.3 is 5.97 Å². The number of hydrogen-bond acceptors (Lipinski definition) is 3. The summed E-state index contributed by atoms with van der Waals surface area (Å²) in [5.41, 5.74) is 2.38. The lowest BCUT2D eigenvalue weighted by Crippen LogP contribution is -2.32. The number of ether oxygens (including phenoxy) is 1. The van der Waals surface area contributed by atoms with E-state index in [1.54, 1.807) is 0 Å². The zero-order valence-electron chi connectivity index (χ0n) is 12.1. The molecule has 0 heterocycles. The highest BCUT2D eigenvalue weighted by atomic mass is 79.9. The number of carbonyl (C=O) groups excluding carboxylic acids is 1. The number of halogens is 1. The Labute approximate surface area is 129 Å². The van der Waals surface area contributed by atoms with Crippen LogP contribution in [-0.2, 0) is 9.53 Å². The minimum atomic E-state index is -0.0356. The van der Waals surface area contributed by atoms with Crippen LogP contribution in [0.1, 0.15) is 38.2 Å². The first-order valence-electron chi connectivity index (χ1n) is 7.29. The molecule has 0 spiro atoms. The van der Waals surface area contributed by atoms with Crippen molar-refractivity contribution in [3.05, 3.63) is 28.2 Å². The molecule has 0 aromatic heterocycles. The average Bonchev–Trinajstić information content (AvgIpc) is 2.43. The van der Waals surface area contributed by atoms with Gasteiger partial charge in [-0.1, -0.05) is 22.4 Å². The summed E-state index contributed by atoms with van der Waals surface area (Å²) in [6.45, 7) is 4.43. The van der Waals surface area contributed by atoms with Gasteiger partial charge in [0.15, 0.2) is 0 Å². The number of esters is 1. The Kier molecular flexibility index (Phi) is 5.46. The lowest BCUT2D eigenvalue weighted by atomic mass is 9.85. The topological polar surface area (TPSA) is 38.3 Å². The van der Waals surface area contributed by atoms with Gasteiger partial charge in [0.1, 0.15) is 0 Å². The van der Waals surface area contributed by atoms with Crippen LogP contribution in [0.5, 0.6) is 0 Å². The Hall–Kier alpha value is -1.03. The molecule has 0 saturated heterocycles. The quantitative estimate of drug-likeness (QED) is 0.831. The van der Waals surface area contributed by atoms with Crippen LogP contribution in [0.15, 0.2) is 22.7 Å². The Morgan fingerprint density at radius 3 is 2.95 bits per heavy atom. The average molecular weight is 340 g/mol. The van der Waals surface area contributed by atoms with E-state index < -0.39 is 0 Å². The maximum Gasteiger partial charge on any atom is 0.308 e. The van der Waals surface area contributed by atoms with Crippen LogP contribution in [0.2, 0.25) is 0 Å². The van der Waals surface area contributed by atoms with Crippen molar-refractivity contribution in [3.63, 3.8) is 0 Å². The van der Waals surface area contributed by atoms with Crippen LogP contribution in [0.25, 0.3) is 0 Å². The highest BCUT2D eigenvalue weighted by Gasteiger charge is 2.28. The molecular weight excluding hydrogens is 318 g/mol.